The third-order valence-electron chi connectivity index (χ3n) is 6.27. The van der Waals surface area contributed by atoms with Gasteiger partial charge in [-0.3, -0.25) is 0 Å². The molecule has 2 atom stereocenters. The standard InChI is InChI=1S/C24H24FN5/c25-18-12-11-17-10-9-16(20(17)13-18)7-4-8-19(15-5-2-1-3-6-15)21-14-22(26)27-24-23(21)28-30-29-24/h1-3,5-6,11-14,16,19H,4,7-10H2,(H3,26,27,28,29,30)/t16-,19?/m1/s1. The number of nitrogens with one attached hydrogen (secondary N) is 1. The van der Waals surface area contributed by atoms with Crippen molar-refractivity contribution in [1.82, 2.24) is 20.4 Å². The number of anilines is 1. The average Bonchev–Trinajstić information content (AvgIpc) is 3.38. The molecule has 0 saturated heterocycles. The molecule has 6 heteroatoms. The van der Waals surface area contributed by atoms with Crippen molar-refractivity contribution in [2.45, 2.75) is 43.9 Å². The number of hydrogen-bond acceptors (Lipinski definition) is 4. The molecule has 30 heavy (non-hydrogen) atoms. The van der Waals surface area contributed by atoms with Gasteiger partial charge in [-0.15, -0.1) is 5.10 Å². The number of nitrogens with two attached hydrogens (primary N) is 1. The fourth-order valence-corrected chi connectivity index (χ4v) is 4.86. The van der Waals surface area contributed by atoms with E-state index in [2.05, 4.69) is 44.7 Å². The quantitative estimate of drug-likeness (QED) is 0.471. The Kier molecular flexibility index (Phi) is 4.91. The van der Waals surface area contributed by atoms with Crippen LogP contribution in [0.4, 0.5) is 10.2 Å². The number of hydrogen-bond donors (Lipinski definition) is 2. The highest BCUT2D eigenvalue weighted by Crippen LogP contribution is 2.39. The van der Waals surface area contributed by atoms with Crippen LogP contribution in [0.2, 0.25) is 0 Å². The van der Waals surface area contributed by atoms with Crippen LogP contribution in [0.1, 0.15) is 59.8 Å². The molecule has 4 aromatic rings. The van der Waals surface area contributed by atoms with E-state index in [9.17, 15) is 4.39 Å². The number of nitrogens with zero attached hydrogens (tertiary/aromatic N) is 3. The minimum Gasteiger partial charge on any atom is -0.384 e. The summed E-state index contributed by atoms with van der Waals surface area (Å²) in [6, 6.07) is 17.6. The molecule has 2 aromatic heterocycles. The van der Waals surface area contributed by atoms with Crippen LogP contribution < -0.4 is 5.73 Å². The SMILES string of the molecule is Nc1cc(C(CCC[C@@H]2CCc3ccc(F)cc32)c2ccccc2)c2n[nH]nc2n1. The molecule has 0 saturated carbocycles. The van der Waals surface area contributed by atoms with Crippen LogP contribution in [0, 0.1) is 5.82 Å². The maximum atomic E-state index is 13.8. The lowest BCUT2D eigenvalue weighted by molar-refractivity contribution is 0.544. The summed E-state index contributed by atoms with van der Waals surface area (Å²) < 4.78 is 13.8. The maximum Gasteiger partial charge on any atom is 0.203 e. The van der Waals surface area contributed by atoms with E-state index in [0.29, 0.717) is 17.4 Å². The highest BCUT2D eigenvalue weighted by atomic mass is 19.1. The first kappa shape index (κ1) is 18.7. The maximum absolute atomic E-state index is 13.8. The molecule has 0 fully saturated rings. The number of fused-ring (bicyclic) bond motifs is 2. The number of halogens is 1. The van der Waals surface area contributed by atoms with Gasteiger partial charge < -0.3 is 5.73 Å². The zero-order valence-corrected chi connectivity index (χ0v) is 16.7. The second-order valence-electron chi connectivity index (χ2n) is 8.11. The van der Waals surface area contributed by atoms with E-state index in [1.807, 2.05) is 18.2 Å². The highest BCUT2D eigenvalue weighted by Gasteiger charge is 2.24. The summed E-state index contributed by atoms with van der Waals surface area (Å²) in [4.78, 5) is 4.29. The summed E-state index contributed by atoms with van der Waals surface area (Å²) in [5.41, 5.74) is 12.2. The lowest BCUT2D eigenvalue weighted by atomic mass is 9.85. The summed E-state index contributed by atoms with van der Waals surface area (Å²) in [5, 5.41) is 11.1. The Morgan fingerprint density at radius 3 is 2.83 bits per heavy atom. The third-order valence-corrected chi connectivity index (χ3v) is 6.27. The Labute approximate surface area is 174 Å². The first-order valence-electron chi connectivity index (χ1n) is 10.5. The van der Waals surface area contributed by atoms with Crippen LogP contribution in [0.5, 0.6) is 0 Å². The van der Waals surface area contributed by atoms with Crippen LogP contribution >= 0.6 is 0 Å². The van der Waals surface area contributed by atoms with Gasteiger partial charge in [-0.1, -0.05) is 42.8 Å². The van der Waals surface area contributed by atoms with Gasteiger partial charge in [-0.25, -0.2) is 9.37 Å². The van der Waals surface area contributed by atoms with Crippen molar-refractivity contribution >= 4 is 17.0 Å². The van der Waals surface area contributed by atoms with Gasteiger partial charge in [0, 0.05) is 5.92 Å². The van der Waals surface area contributed by atoms with Gasteiger partial charge in [-0.05, 0) is 72.1 Å². The Bertz CT molecular complexity index is 1170. The molecule has 0 aliphatic heterocycles. The molecular formula is C24H24FN5. The highest BCUT2D eigenvalue weighted by molar-refractivity contribution is 5.77. The van der Waals surface area contributed by atoms with Crippen molar-refractivity contribution in [3.8, 4) is 0 Å². The monoisotopic (exact) mass is 401 g/mol. The van der Waals surface area contributed by atoms with E-state index < -0.39 is 0 Å². The minimum atomic E-state index is -0.136. The molecule has 5 nitrogen and oxygen atoms in total. The second kappa shape index (κ2) is 7.86. The van der Waals surface area contributed by atoms with Gasteiger partial charge in [-0.2, -0.15) is 10.3 Å². The Balaban J connectivity index is 1.41. The van der Waals surface area contributed by atoms with E-state index in [0.717, 1.165) is 43.2 Å². The van der Waals surface area contributed by atoms with Gasteiger partial charge in [0.1, 0.15) is 17.2 Å². The number of aromatic nitrogens is 4. The van der Waals surface area contributed by atoms with Crippen molar-refractivity contribution in [2.75, 3.05) is 5.73 Å². The van der Waals surface area contributed by atoms with E-state index >= 15 is 0 Å². The Morgan fingerprint density at radius 2 is 1.97 bits per heavy atom. The number of H-pyrrole nitrogens is 1. The summed E-state index contributed by atoms with van der Waals surface area (Å²) in [7, 11) is 0. The fraction of sp³-hybridized carbons (Fsp3) is 0.292. The molecular weight excluding hydrogens is 377 g/mol. The molecule has 0 bridgehead atoms. The molecule has 2 aromatic carbocycles. The second-order valence-corrected chi connectivity index (χ2v) is 8.11. The molecule has 1 aliphatic rings. The lowest BCUT2D eigenvalue weighted by Crippen LogP contribution is -2.06. The zero-order chi connectivity index (χ0) is 20.5. The first-order valence-corrected chi connectivity index (χ1v) is 10.5. The van der Waals surface area contributed by atoms with Crippen LogP contribution in [-0.2, 0) is 6.42 Å². The molecule has 5 rings (SSSR count). The number of pyridine rings is 1. The van der Waals surface area contributed by atoms with Crippen LogP contribution in [-0.4, -0.2) is 20.4 Å². The molecule has 1 aliphatic carbocycles. The summed E-state index contributed by atoms with van der Waals surface area (Å²) in [6.45, 7) is 0. The smallest absolute Gasteiger partial charge is 0.203 e. The number of benzene rings is 2. The van der Waals surface area contributed by atoms with Crippen LogP contribution in [0.25, 0.3) is 11.2 Å². The van der Waals surface area contributed by atoms with E-state index in [1.54, 1.807) is 12.1 Å². The number of aromatic amines is 1. The van der Waals surface area contributed by atoms with Gasteiger partial charge in [0.25, 0.3) is 0 Å². The van der Waals surface area contributed by atoms with Crippen molar-refractivity contribution in [3.63, 3.8) is 0 Å². The third kappa shape index (κ3) is 3.54. The van der Waals surface area contributed by atoms with E-state index in [1.165, 1.54) is 16.7 Å². The van der Waals surface area contributed by atoms with E-state index in [-0.39, 0.29) is 11.7 Å². The van der Waals surface area contributed by atoms with Gasteiger partial charge in [0.15, 0.2) is 0 Å². The zero-order valence-electron chi connectivity index (χ0n) is 16.7. The van der Waals surface area contributed by atoms with Gasteiger partial charge >= 0.3 is 0 Å². The lowest BCUT2D eigenvalue weighted by Gasteiger charge is -2.20. The number of aryl methyl sites for hydroxylation is 1. The fourth-order valence-electron chi connectivity index (χ4n) is 4.86. The molecule has 2 heterocycles. The van der Waals surface area contributed by atoms with Crippen LogP contribution in [0.15, 0.2) is 54.6 Å². The summed E-state index contributed by atoms with van der Waals surface area (Å²) in [6.07, 6.45) is 5.17. The molecule has 3 N–H and O–H groups in total. The van der Waals surface area contributed by atoms with Crippen molar-refractivity contribution in [1.29, 1.82) is 0 Å². The molecule has 0 radical (unpaired) electrons. The van der Waals surface area contributed by atoms with Crippen molar-refractivity contribution in [2.24, 2.45) is 0 Å². The average molecular weight is 401 g/mol. The molecule has 1 unspecified atom stereocenters. The van der Waals surface area contributed by atoms with Gasteiger partial charge in [0.05, 0.1) is 0 Å². The predicted molar refractivity (Wildman–Crippen MR) is 116 cm³/mol. The Hall–Kier alpha value is -3.28. The van der Waals surface area contributed by atoms with Crippen molar-refractivity contribution in [3.05, 3.63) is 82.7 Å². The first-order chi connectivity index (χ1) is 14.7. The number of rotatable bonds is 6. The van der Waals surface area contributed by atoms with Gasteiger partial charge in [0.2, 0.25) is 5.65 Å². The normalized spacial score (nSPS) is 16.6. The largest absolute Gasteiger partial charge is 0.384 e. The number of nitrogen functional groups attached to an aromatic ring is 1. The van der Waals surface area contributed by atoms with Crippen LogP contribution in [0.3, 0.4) is 0 Å². The minimum absolute atomic E-state index is 0.136. The molecule has 0 spiro atoms. The molecule has 152 valence electrons. The van der Waals surface area contributed by atoms with Crippen molar-refractivity contribution < 1.29 is 4.39 Å². The Morgan fingerprint density at radius 1 is 1.10 bits per heavy atom. The summed E-state index contributed by atoms with van der Waals surface area (Å²) in [5.74, 6) is 0.898. The molecule has 0 amide bonds. The van der Waals surface area contributed by atoms with E-state index in [4.69, 9.17) is 5.73 Å². The summed E-state index contributed by atoms with van der Waals surface area (Å²) >= 11 is 0. The topological polar surface area (TPSA) is 80.5 Å². The predicted octanol–water partition coefficient (Wildman–Crippen LogP) is 5.11.